The van der Waals surface area contributed by atoms with Gasteiger partial charge in [0.2, 0.25) is 12.1 Å². The second kappa shape index (κ2) is 28.0. The van der Waals surface area contributed by atoms with Crippen molar-refractivity contribution in [1.82, 2.24) is 0 Å². The number of rotatable bonds is 27. The number of esters is 6. The lowest BCUT2D eigenvalue weighted by Gasteiger charge is -2.47. The number of hydrogen-bond donors (Lipinski definition) is 0. The van der Waals surface area contributed by atoms with Crippen LogP contribution in [-0.2, 0) is 80.9 Å². The maximum atomic E-state index is 13.8. The summed E-state index contributed by atoms with van der Waals surface area (Å²) >= 11 is 0. The molecule has 2 fully saturated rings. The van der Waals surface area contributed by atoms with E-state index >= 15 is 0 Å². The van der Waals surface area contributed by atoms with Crippen molar-refractivity contribution < 1.29 is 90.3 Å². The fraction of sp³-hybridized carbons (Fsp3) is 0.654. The molecular weight excluding hydrogens is 929 g/mol. The highest BCUT2D eigenvalue weighted by Crippen LogP contribution is 2.42. The van der Waals surface area contributed by atoms with Crippen LogP contribution in [0.1, 0.15) is 83.1 Å². The monoisotopic (exact) mass is 1000 g/mol. The first-order valence-corrected chi connectivity index (χ1v) is 24.3. The normalized spacial score (nSPS) is 24.3. The van der Waals surface area contributed by atoms with E-state index in [4.69, 9.17) is 61.6 Å². The van der Waals surface area contributed by atoms with Gasteiger partial charge in [0.1, 0.15) is 43.5 Å². The molecule has 0 aromatic heterocycles. The molecule has 9 atom stereocenters. The summed E-state index contributed by atoms with van der Waals surface area (Å²) in [6, 6.07) is 18.1. The molecule has 0 spiro atoms. The summed E-state index contributed by atoms with van der Waals surface area (Å²) in [7, 11) is 0. The van der Waals surface area contributed by atoms with Gasteiger partial charge in [0.25, 0.3) is 0 Å². The Balaban J connectivity index is 1.89. The minimum atomic E-state index is -2.46. The Morgan fingerprint density at radius 3 is 1.31 bits per heavy atom. The summed E-state index contributed by atoms with van der Waals surface area (Å²) in [5, 5.41) is 0. The van der Waals surface area contributed by atoms with Gasteiger partial charge in [0.05, 0.1) is 61.9 Å². The maximum Gasteiger partial charge on any atom is 0.308 e. The van der Waals surface area contributed by atoms with Crippen molar-refractivity contribution in [3.63, 3.8) is 0 Å². The lowest BCUT2D eigenvalue weighted by Crippen LogP contribution is -2.66. The van der Waals surface area contributed by atoms with Crippen LogP contribution in [0.5, 0.6) is 11.5 Å². The van der Waals surface area contributed by atoms with Gasteiger partial charge in [0.15, 0.2) is 30.5 Å². The number of hydrogen-bond acceptors (Lipinski definition) is 19. The Morgan fingerprint density at radius 2 is 0.859 bits per heavy atom. The Bertz CT molecular complexity index is 1990. The molecule has 2 aliphatic rings. The molecule has 0 N–H and O–H groups in total. The van der Waals surface area contributed by atoms with Crippen LogP contribution in [0.3, 0.4) is 0 Å². The topological polar surface area (TPSA) is 222 Å². The van der Waals surface area contributed by atoms with Crippen molar-refractivity contribution in [3.8, 4) is 11.5 Å². The fourth-order valence-electron chi connectivity index (χ4n) is 6.76. The zero-order chi connectivity index (χ0) is 52.4. The molecule has 396 valence electrons. The molecule has 0 bridgehead atoms. The van der Waals surface area contributed by atoms with Crippen LogP contribution in [0.4, 0.5) is 0 Å². The van der Waals surface area contributed by atoms with Crippen LogP contribution in [0.15, 0.2) is 60.7 Å². The predicted octanol–water partition coefficient (Wildman–Crippen LogP) is 6.05. The van der Waals surface area contributed by atoms with Gasteiger partial charge in [-0.2, -0.15) is 0 Å². The van der Waals surface area contributed by atoms with Crippen molar-refractivity contribution >= 4 is 35.8 Å². The summed E-state index contributed by atoms with van der Waals surface area (Å²) in [5.41, 5.74) is 0. The quantitative estimate of drug-likeness (QED) is 0.0564. The Morgan fingerprint density at radius 1 is 0.465 bits per heavy atom. The van der Waals surface area contributed by atoms with Gasteiger partial charge in [0, 0.05) is 0 Å². The van der Waals surface area contributed by atoms with Gasteiger partial charge in [-0.15, -0.1) is 0 Å². The first-order valence-electron chi connectivity index (χ1n) is 24.3. The molecule has 0 amide bonds. The minimum Gasteiger partial charge on any atom is -0.491 e. The highest BCUT2D eigenvalue weighted by atomic mass is 16.8. The standard InChI is InChI=1S/C52H74O19/c1-30(2)45(53)63-29-52(44(69-50(58)35(11)12)41(66-47(55)32(5)6)39(70-52)28-60-24-26-62-37-21-17-14-18-22-37)71-51-43(68-49(57)34(9)10)42(67-48(56)33(7)8)40(65-46(54)31(3)4)38(64-51)27-59-23-25-61-36-19-15-13-16-20-36/h13-22,30-35,38-44,51H,23-29H2,1-12H3/t38-,39-,40-,41-,42+,43-,44+,51-,52+/m1/s1. The SMILES string of the molecule is CC(C)C(=O)OC[C@@]1(O[C@H]2O[C@H](COCCOc3ccccc3)[C@@H](OC(=O)C(C)C)[C@H](OC(=O)C(C)C)[C@H]2OC(=O)C(C)C)O[C@H](COCCOc2ccccc2)[C@@H](OC(=O)C(C)C)[C@@H]1OC(=O)C(C)C. The maximum absolute atomic E-state index is 13.8. The van der Waals surface area contributed by atoms with Gasteiger partial charge in [-0.1, -0.05) is 119 Å². The van der Waals surface area contributed by atoms with Crippen LogP contribution >= 0.6 is 0 Å². The molecule has 19 nitrogen and oxygen atoms in total. The molecule has 2 aromatic rings. The average Bonchev–Trinajstić information content (AvgIpc) is 3.59. The number of ether oxygens (including phenoxy) is 13. The number of benzene rings is 2. The van der Waals surface area contributed by atoms with E-state index in [1.807, 2.05) is 36.4 Å². The largest absolute Gasteiger partial charge is 0.491 e. The highest BCUT2D eigenvalue weighted by molar-refractivity contribution is 5.75. The summed E-state index contributed by atoms with van der Waals surface area (Å²) in [6.07, 6.45) is -12.6. The summed E-state index contributed by atoms with van der Waals surface area (Å²) in [4.78, 5) is 81.8. The van der Waals surface area contributed by atoms with E-state index in [2.05, 4.69) is 0 Å². The molecule has 19 heteroatoms. The number of carbonyl (C=O) groups excluding carboxylic acids is 6. The van der Waals surface area contributed by atoms with Crippen LogP contribution in [0.25, 0.3) is 0 Å². The average molecular weight is 1000 g/mol. The van der Waals surface area contributed by atoms with Crippen molar-refractivity contribution in [2.24, 2.45) is 35.5 Å². The van der Waals surface area contributed by atoms with Gasteiger partial charge in [-0.3, -0.25) is 28.8 Å². The molecule has 2 aromatic carbocycles. The zero-order valence-corrected chi connectivity index (χ0v) is 43.1. The second-order valence-corrected chi connectivity index (χ2v) is 19.1. The third kappa shape index (κ3) is 17.4. The molecular formula is C52H74O19. The molecule has 2 aliphatic heterocycles. The summed E-state index contributed by atoms with van der Waals surface area (Å²) in [5.74, 6) is -10.1. The lowest BCUT2D eigenvalue weighted by atomic mass is 9.97. The smallest absolute Gasteiger partial charge is 0.308 e. The number of carbonyl (C=O) groups is 6. The first-order chi connectivity index (χ1) is 33.6. The number of para-hydroxylation sites is 2. The Kier molecular flexibility index (Phi) is 23.0. The molecule has 71 heavy (non-hydrogen) atoms. The van der Waals surface area contributed by atoms with E-state index in [1.165, 1.54) is 0 Å². The zero-order valence-electron chi connectivity index (χ0n) is 43.1. The molecule has 0 saturated carbocycles. The minimum absolute atomic E-state index is 0.000263. The Labute approximate surface area is 417 Å². The van der Waals surface area contributed by atoms with Gasteiger partial charge in [-0.05, 0) is 24.3 Å². The fourth-order valence-corrected chi connectivity index (χ4v) is 6.76. The van der Waals surface area contributed by atoms with Crippen molar-refractivity contribution in [1.29, 1.82) is 0 Å². The van der Waals surface area contributed by atoms with E-state index in [0.717, 1.165) is 0 Å². The lowest BCUT2D eigenvalue weighted by molar-refractivity contribution is -0.385. The van der Waals surface area contributed by atoms with E-state index in [0.29, 0.717) is 11.5 Å². The van der Waals surface area contributed by atoms with Crippen molar-refractivity contribution in [3.05, 3.63) is 60.7 Å². The summed E-state index contributed by atoms with van der Waals surface area (Å²) in [6.45, 7) is 17.8. The highest BCUT2D eigenvalue weighted by Gasteiger charge is 2.65. The van der Waals surface area contributed by atoms with E-state index in [1.54, 1.807) is 107 Å². The third-order valence-electron chi connectivity index (χ3n) is 10.9. The molecule has 2 heterocycles. The molecule has 4 rings (SSSR count). The van der Waals surface area contributed by atoms with Gasteiger partial charge in [-0.25, -0.2) is 0 Å². The van der Waals surface area contributed by atoms with Gasteiger partial charge >= 0.3 is 35.8 Å². The van der Waals surface area contributed by atoms with E-state index < -0.39 is 133 Å². The molecule has 0 unspecified atom stereocenters. The third-order valence-corrected chi connectivity index (χ3v) is 10.9. The molecule has 2 saturated heterocycles. The molecule has 0 aliphatic carbocycles. The summed E-state index contributed by atoms with van der Waals surface area (Å²) < 4.78 is 80.3. The van der Waals surface area contributed by atoms with Crippen LogP contribution in [-0.4, -0.2) is 137 Å². The van der Waals surface area contributed by atoms with Crippen LogP contribution in [0.2, 0.25) is 0 Å². The second-order valence-electron chi connectivity index (χ2n) is 19.1. The van der Waals surface area contributed by atoms with Crippen molar-refractivity contribution in [2.45, 2.75) is 138 Å². The first kappa shape index (κ1) is 58.2. The molecule has 0 radical (unpaired) electrons. The Hall–Kier alpha value is -5.34. The van der Waals surface area contributed by atoms with Crippen LogP contribution in [0, 0.1) is 35.5 Å². The predicted molar refractivity (Wildman–Crippen MR) is 252 cm³/mol. The van der Waals surface area contributed by atoms with E-state index in [9.17, 15) is 28.8 Å². The van der Waals surface area contributed by atoms with Gasteiger partial charge < -0.3 is 61.6 Å². The van der Waals surface area contributed by atoms with E-state index in [-0.39, 0.29) is 39.6 Å². The van der Waals surface area contributed by atoms with Crippen LogP contribution < -0.4 is 9.47 Å². The van der Waals surface area contributed by atoms with Crippen molar-refractivity contribution in [2.75, 3.05) is 46.2 Å².